The molecule has 8 nitrogen and oxygen atoms in total. The molecule has 0 radical (unpaired) electrons. The van der Waals surface area contributed by atoms with Crippen molar-refractivity contribution in [3.8, 4) is 0 Å². The molecule has 2 heterocycles. The summed E-state index contributed by atoms with van der Waals surface area (Å²) in [6, 6.07) is 7.42. The van der Waals surface area contributed by atoms with Crippen molar-refractivity contribution in [3.05, 3.63) is 35.4 Å². The normalized spacial score (nSPS) is 17.0. The Hall–Kier alpha value is -2.61. The second-order valence-electron chi connectivity index (χ2n) is 7.52. The minimum Gasteiger partial charge on any atom is -0.466 e. The Labute approximate surface area is 182 Å². The molecule has 1 spiro atoms. The minimum atomic E-state index is -0.351. The molecule has 1 amide bonds. The Bertz CT molecular complexity index is 802. The molecule has 3 N–H and O–H groups in total. The maximum absolute atomic E-state index is 12.4. The zero-order chi connectivity index (χ0) is 20.9. The average molecular weight is 437 g/mol. The smallest absolute Gasteiger partial charge is 0.305 e. The summed E-state index contributed by atoms with van der Waals surface area (Å²) >= 11 is 0. The molecule has 0 aromatic heterocycles. The lowest BCUT2D eigenvalue weighted by atomic mass is 9.85. The lowest BCUT2D eigenvalue weighted by Gasteiger charge is -2.37. The fourth-order valence-electron chi connectivity index (χ4n) is 3.73. The van der Waals surface area contributed by atoms with Crippen molar-refractivity contribution < 1.29 is 19.2 Å². The van der Waals surface area contributed by atoms with Crippen LogP contribution in [0.3, 0.4) is 0 Å². The number of carbonyl (C=O) groups is 2. The number of halogens is 1. The molecule has 1 fully saturated rings. The van der Waals surface area contributed by atoms with Crippen LogP contribution in [0.1, 0.15) is 56.6 Å². The summed E-state index contributed by atoms with van der Waals surface area (Å²) in [5, 5.41) is 11.8. The van der Waals surface area contributed by atoms with E-state index in [0.29, 0.717) is 44.5 Å². The summed E-state index contributed by atoms with van der Waals surface area (Å²) in [7, 11) is 0. The van der Waals surface area contributed by atoms with Gasteiger partial charge in [-0.3, -0.25) is 15.0 Å². The summed E-state index contributed by atoms with van der Waals surface area (Å²) in [6.45, 7) is 3.40. The number of oxime groups is 1. The number of amides is 1. The van der Waals surface area contributed by atoms with E-state index in [0.717, 1.165) is 24.1 Å². The quantitative estimate of drug-likeness (QED) is 0.387. The van der Waals surface area contributed by atoms with Crippen LogP contribution in [-0.4, -0.2) is 53.6 Å². The minimum absolute atomic E-state index is 0. The van der Waals surface area contributed by atoms with E-state index in [-0.39, 0.29) is 42.1 Å². The van der Waals surface area contributed by atoms with Crippen molar-refractivity contribution in [2.24, 2.45) is 10.9 Å². The third kappa shape index (κ3) is 5.72. The number of hydrogen-bond donors (Lipinski definition) is 2. The Morgan fingerprint density at radius 1 is 1.23 bits per heavy atom. The molecule has 1 aromatic rings. The molecule has 0 unspecified atom stereocenters. The molecule has 3 rings (SSSR count). The van der Waals surface area contributed by atoms with E-state index >= 15 is 0 Å². The van der Waals surface area contributed by atoms with Gasteiger partial charge in [-0.2, -0.15) is 0 Å². The predicted molar refractivity (Wildman–Crippen MR) is 116 cm³/mol. The number of benzene rings is 1. The zero-order valence-corrected chi connectivity index (χ0v) is 18.0. The third-order valence-corrected chi connectivity index (χ3v) is 5.47. The molecule has 2 aliphatic rings. The lowest BCUT2D eigenvalue weighted by molar-refractivity contribution is -0.143. The first kappa shape index (κ1) is 23.7. The first-order valence-corrected chi connectivity index (χ1v) is 10.1. The van der Waals surface area contributed by atoms with Crippen LogP contribution in [0, 0.1) is 5.41 Å². The van der Waals surface area contributed by atoms with Crippen molar-refractivity contribution in [3.63, 3.8) is 0 Å². The van der Waals surface area contributed by atoms with Crippen LogP contribution < -0.4 is 5.73 Å². The highest BCUT2D eigenvalue weighted by atomic mass is 35.5. The Balaban J connectivity index is 0.00000320. The molecular weight excluding hydrogens is 408 g/mol. The van der Waals surface area contributed by atoms with Crippen LogP contribution in [0.25, 0.3) is 0 Å². The highest BCUT2D eigenvalue weighted by Gasteiger charge is 2.43. The van der Waals surface area contributed by atoms with Crippen molar-refractivity contribution in [2.75, 3.05) is 19.7 Å². The first-order valence-electron chi connectivity index (χ1n) is 10.1. The van der Waals surface area contributed by atoms with Gasteiger partial charge in [-0.15, -0.1) is 12.4 Å². The summed E-state index contributed by atoms with van der Waals surface area (Å²) in [6.07, 6.45) is 3.32. The van der Waals surface area contributed by atoms with Crippen molar-refractivity contribution >= 4 is 35.8 Å². The predicted octanol–water partition coefficient (Wildman–Crippen LogP) is 2.61. The van der Waals surface area contributed by atoms with Gasteiger partial charge < -0.3 is 20.2 Å². The van der Waals surface area contributed by atoms with E-state index in [4.69, 9.17) is 20.7 Å². The van der Waals surface area contributed by atoms with Crippen LogP contribution in [0.2, 0.25) is 0 Å². The second-order valence-corrected chi connectivity index (χ2v) is 7.52. The first-order chi connectivity index (χ1) is 13.9. The van der Waals surface area contributed by atoms with Gasteiger partial charge in [-0.1, -0.05) is 29.4 Å². The van der Waals surface area contributed by atoms with Gasteiger partial charge in [0.15, 0.2) is 0 Å². The lowest BCUT2D eigenvalue weighted by Crippen LogP contribution is -2.46. The van der Waals surface area contributed by atoms with Crippen LogP contribution in [0.4, 0.5) is 0 Å². The Morgan fingerprint density at radius 3 is 2.50 bits per heavy atom. The molecule has 1 aromatic carbocycles. The number of ether oxygens (including phenoxy) is 1. The molecule has 30 heavy (non-hydrogen) atoms. The Kier molecular flexibility index (Phi) is 8.23. The molecule has 1 saturated heterocycles. The maximum atomic E-state index is 12.4. The van der Waals surface area contributed by atoms with Gasteiger partial charge in [0.25, 0.3) is 0 Å². The van der Waals surface area contributed by atoms with Gasteiger partial charge in [-0.05, 0) is 18.9 Å². The fraction of sp³-hybridized carbons (Fsp3) is 0.524. The number of nitrogens with two attached hydrogens (primary N) is 1. The summed E-state index contributed by atoms with van der Waals surface area (Å²) in [5.41, 5.74) is 7.67. The van der Waals surface area contributed by atoms with Gasteiger partial charge in [0, 0.05) is 50.8 Å². The van der Waals surface area contributed by atoms with Crippen molar-refractivity contribution in [1.29, 1.82) is 5.41 Å². The van der Waals surface area contributed by atoms with Crippen molar-refractivity contribution in [1.82, 2.24) is 4.90 Å². The zero-order valence-electron chi connectivity index (χ0n) is 17.2. The average Bonchev–Trinajstić information content (AvgIpc) is 3.12. The molecular formula is C21H29ClN4O4. The number of nitrogens with one attached hydrogen (secondary N) is 1. The number of hydrogen-bond acceptors (Lipinski definition) is 6. The van der Waals surface area contributed by atoms with Gasteiger partial charge in [-0.25, -0.2) is 0 Å². The SMILES string of the molecule is CCOC(=O)CCCC(=O)N1CCC2(CC1)CC(c1ccc(C(=N)N)cc1)=NO2.Cl. The van der Waals surface area contributed by atoms with E-state index in [2.05, 4.69) is 5.16 Å². The molecule has 164 valence electrons. The number of rotatable bonds is 7. The van der Waals surface area contributed by atoms with E-state index < -0.39 is 0 Å². The molecule has 0 aliphatic carbocycles. The number of nitrogens with zero attached hydrogens (tertiary/aromatic N) is 2. The van der Waals surface area contributed by atoms with Crippen LogP contribution in [-0.2, 0) is 19.2 Å². The van der Waals surface area contributed by atoms with E-state index in [1.165, 1.54) is 0 Å². The summed E-state index contributed by atoms with van der Waals surface area (Å²) in [5.74, 6) is -0.140. The summed E-state index contributed by atoms with van der Waals surface area (Å²) in [4.78, 5) is 31.4. The standard InChI is InChI=1S/C21H28N4O4.ClH/c1-2-28-19(27)5-3-4-18(26)25-12-10-21(11-13-25)14-17(24-29-21)15-6-8-16(9-7-15)20(22)23;/h6-9H,2-5,10-14H2,1H3,(H3,22,23);1H. The van der Waals surface area contributed by atoms with Crippen LogP contribution in [0.5, 0.6) is 0 Å². The van der Waals surface area contributed by atoms with E-state index in [1.54, 1.807) is 6.92 Å². The third-order valence-electron chi connectivity index (χ3n) is 5.47. The highest BCUT2D eigenvalue weighted by molar-refractivity contribution is 6.03. The van der Waals surface area contributed by atoms with E-state index in [1.807, 2.05) is 29.2 Å². The molecule has 2 aliphatic heterocycles. The van der Waals surface area contributed by atoms with Gasteiger partial charge in [0.2, 0.25) is 5.91 Å². The number of carbonyl (C=O) groups excluding carboxylic acids is 2. The van der Waals surface area contributed by atoms with Crippen LogP contribution >= 0.6 is 12.4 Å². The number of nitrogen functional groups attached to an aromatic ring is 1. The summed E-state index contributed by atoms with van der Waals surface area (Å²) < 4.78 is 4.89. The number of esters is 1. The topological polar surface area (TPSA) is 118 Å². The van der Waals surface area contributed by atoms with Gasteiger partial charge in [0.1, 0.15) is 11.4 Å². The molecule has 0 saturated carbocycles. The maximum Gasteiger partial charge on any atom is 0.305 e. The largest absolute Gasteiger partial charge is 0.466 e. The molecule has 0 bridgehead atoms. The van der Waals surface area contributed by atoms with E-state index in [9.17, 15) is 9.59 Å². The monoisotopic (exact) mass is 436 g/mol. The number of likely N-dealkylation sites (tertiary alicyclic amines) is 1. The molecule has 9 heteroatoms. The molecule has 0 atom stereocenters. The second kappa shape index (κ2) is 10.4. The fourth-order valence-corrected chi connectivity index (χ4v) is 3.73. The van der Waals surface area contributed by atoms with Gasteiger partial charge >= 0.3 is 5.97 Å². The highest BCUT2D eigenvalue weighted by Crippen LogP contribution is 2.36. The van der Waals surface area contributed by atoms with Crippen molar-refractivity contribution in [2.45, 2.75) is 51.0 Å². The van der Waals surface area contributed by atoms with Crippen LogP contribution in [0.15, 0.2) is 29.4 Å². The number of amidine groups is 1. The number of piperidine rings is 1. The Morgan fingerprint density at radius 2 is 1.90 bits per heavy atom. The van der Waals surface area contributed by atoms with Gasteiger partial charge in [0.05, 0.1) is 12.3 Å².